The van der Waals surface area contributed by atoms with E-state index in [2.05, 4.69) is 170 Å². The molecule has 1 aromatic heterocycles. The zero-order chi connectivity index (χ0) is 30.9. The molecule has 1 nitrogen and oxygen atoms in total. The molecule has 0 aliphatic rings. The Bertz CT molecular complexity index is 2770. The Morgan fingerprint density at radius 1 is 0.277 bits per heavy atom. The zero-order valence-corrected chi connectivity index (χ0v) is 25.6. The molecular weight excluding hydrogens is 569 g/mol. The molecule has 218 valence electrons. The first-order valence-corrected chi connectivity index (χ1v) is 16.2. The molecule has 0 N–H and O–H groups in total. The maximum absolute atomic E-state index is 6.28. The van der Waals surface area contributed by atoms with Crippen LogP contribution in [0.3, 0.4) is 0 Å². The molecule has 0 radical (unpaired) electrons. The monoisotopic (exact) mass is 596 g/mol. The normalized spacial score (nSPS) is 11.8. The molecule has 47 heavy (non-hydrogen) atoms. The van der Waals surface area contributed by atoms with Crippen LogP contribution in [-0.4, -0.2) is 0 Å². The molecule has 10 rings (SSSR count). The van der Waals surface area contributed by atoms with Crippen LogP contribution in [0, 0.1) is 0 Å². The summed E-state index contributed by atoms with van der Waals surface area (Å²) in [6.45, 7) is 0. The highest BCUT2D eigenvalue weighted by molar-refractivity contribution is 6.23. The minimum Gasteiger partial charge on any atom is -0.456 e. The van der Waals surface area contributed by atoms with Crippen LogP contribution >= 0.6 is 0 Å². The Kier molecular flexibility index (Phi) is 5.64. The summed E-state index contributed by atoms with van der Waals surface area (Å²) in [5.41, 5.74) is 9.26. The summed E-state index contributed by atoms with van der Waals surface area (Å²) in [5.74, 6) is 0. The van der Waals surface area contributed by atoms with Crippen molar-refractivity contribution in [3.05, 3.63) is 170 Å². The van der Waals surface area contributed by atoms with Crippen molar-refractivity contribution in [2.45, 2.75) is 0 Å². The molecule has 0 amide bonds. The van der Waals surface area contributed by atoms with Gasteiger partial charge in [0, 0.05) is 10.8 Å². The quantitative estimate of drug-likeness (QED) is 0.185. The molecule has 0 aliphatic heterocycles. The predicted octanol–water partition coefficient (Wildman–Crippen LogP) is 13.2. The van der Waals surface area contributed by atoms with Crippen LogP contribution in [-0.2, 0) is 0 Å². The van der Waals surface area contributed by atoms with E-state index in [1.165, 1.54) is 76.5 Å². The van der Waals surface area contributed by atoms with Gasteiger partial charge in [0.25, 0.3) is 0 Å². The van der Waals surface area contributed by atoms with Crippen LogP contribution in [0.15, 0.2) is 174 Å². The maximum Gasteiger partial charge on any atom is 0.136 e. The summed E-state index contributed by atoms with van der Waals surface area (Å²) in [5, 5.41) is 12.3. The van der Waals surface area contributed by atoms with Crippen LogP contribution in [0.1, 0.15) is 0 Å². The highest BCUT2D eigenvalue weighted by Gasteiger charge is 2.18. The lowest BCUT2D eigenvalue weighted by Gasteiger charge is -2.19. The van der Waals surface area contributed by atoms with Crippen LogP contribution in [0.25, 0.3) is 98.4 Å². The molecule has 0 spiro atoms. The van der Waals surface area contributed by atoms with Gasteiger partial charge < -0.3 is 4.42 Å². The van der Waals surface area contributed by atoms with E-state index in [0.29, 0.717) is 0 Å². The van der Waals surface area contributed by atoms with Crippen molar-refractivity contribution in [2.24, 2.45) is 0 Å². The van der Waals surface area contributed by atoms with Crippen molar-refractivity contribution in [3.8, 4) is 33.4 Å². The van der Waals surface area contributed by atoms with E-state index >= 15 is 0 Å². The van der Waals surface area contributed by atoms with Gasteiger partial charge in [0.1, 0.15) is 11.2 Å². The molecule has 10 aromatic rings. The Labute approximate surface area is 271 Å². The van der Waals surface area contributed by atoms with Crippen molar-refractivity contribution in [3.63, 3.8) is 0 Å². The van der Waals surface area contributed by atoms with Gasteiger partial charge >= 0.3 is 0 Å². The topological polar surface area (TPSA) is 13.1 Å². The minimum absolute atomic E-state index is 0.917. The van der Waals surface area contributed by atoms with E-state index in [-0.39, 0.29) is 0 Å². The third kappa shape index (κ3) is 4.03. The lowest BCUT2D eigenvalue weighted by molar-refractivity contribution is 0.669. The summed E-state index contributed by atoms with van der Waals surface area (Å²) in [4.78, 5) is 0. The molecule has 0 saturated heterocycles. The maximum atomic E-state index is 6.28. The molecule has 0 atom stereocenters. The molecular formula is C46H28O. The summed E-state index contributed by atoms with van der Waals surface area (Å²) >= 11 is 0. The van der Waals surface area contributed by atoms with Crippen molar-refractivity contribution < 1.29 is 4.42 Å². The second kappa shape index (κ2) is 10.2. The standard InChI is InChI=1S/C46H28O/c1-2-12-33-28-44-42(26-32(33)11-1)41-27-34(24-25-43(41)47-44)29-20-22-31(23-21-29)45-37-15-5-7-17-39(37)46(40-18-8-6-16-38(40)45)36-19-9-13-30-10-3-4-14-35(30)36/h1-28H. The highest BCUT2D eigenvalue weighted by Crippen LogP contribution is 2.45. The Balaban J connectivity index is 1.14. The number of hydrogen-bond acceptors (Lipinski definition) is 1. The average molecular weight is 597 g/mol. The molecule has 1 heterocycles. The Hall–Kier alpha value is -6.18. The fourth-order valence-electron chi connectivity index (χ4n) is 7.64. The van der Waals surface area contributed by atoms with E-state index in [4.69, 9.17) is 4.42 Å². The number of benzene rings is 9. The number of fused-ring (bicyclic) bond motifs is 7. The van der Waals surface area contributed by atoms with Gasteiger partial charge in [-0.3, -0.25) is 0 Å². The van der Waals surface area contributed by atoms with Crippen LogP contribution < -0.4 is 0 Å². The van der Waals surface area contributed by atoms with Crippen molar-refractivity contribution >= 4 is 65.0 Å². The fraction of sp³-hybridized carbons (Fsp3) is 0. The number of rotatable bonds is 3. The van der Waals surface area contributed by atoms with Gasteiger partial charge in [-0.1, -0.05) is 146 Å². The van der Waals surface area contributed by atoms with E-state index in [9.17, 15) is 0 Å². The van der Waals surface area contributed by atoms with Gasteiger partial charge in [0.2, 0.25) is 0 Å². The fourth-order valence-corrected chi connectivity index (χ4v) is 7.64. The molecule has 1 heteroatoms. The molecule has 0 fully saturated rings. The van der Waals surface area contributed by atoms with E-state index in [0.717, 1.165) is 21.9 Å². The van der Waals surface area contributed by atoms with Gasteiger partial charge in [-0.2, -0.15) is 0 Å². The van der Waals surface area contributed by atoms with Crippen LogP contribution in [0.4, 0.5) is 0 Å². The van der Waals surface area contributed by atoms with Gasteiger partial charge in [-0.25, -0.2) is 0 Å². The van der Waals surface area contributed by atoms with E-state index in [1.807, 2.05) is 0 Å². The number of furan rings is 1. The van der Waals surface area contributed by atoms with Crippen molar-refractivity contribution in [1.82, 2.24) is 0 Å². The molecule has 0 saturated carbocycles. The third-order valence-electron chi connectivity index (χ3n) is 9.83. The first-order valence-electron chi connectivity index (χ1n) is 16.2. The second-order valence-corrected chi connectivity index (χ2v) is 12.5. The Morgan fingerprint density at radius 2 is 0.787 bits per heavy atom. The molecule has 0 unspecified atom stereocenters. The van der Waals surface area contributed by atoms with E-state index < -0.39 is 0 Å². The third-order valence-corrected chi connectivity index (χ3v) is 9.83. The molecule has 9 aromatic carbocycles. The predicted molar refractivity (Wildman–Crippen MR) is 200 cm³/mol. The second-order valence-electron chi connectivity index (χ2n) is 12.5. The summed E-state index contributed by atoms with van der Waals surface area (Å²) in [6.07, 6.45) is 0. The van der Waals surface area contributed by atoms with Gasteiger partial charge in [-0.15, -0.1) is 0 Å². The Morgan fingerprint density at radius 3 is 1.49 bits per heavy atom. The summed E-state index contributed by atoms with van der Waals surface area (Å²) in [6, 6.07) is 61.6. The first kappa shape index (κ1) is 26.1. The minimum atomic E-state index is 0.917. The van der Waals surface area contributed by atoms with Crippen molar-refractivity contribution in [2.75, 3.05) is 0 Å². The summed E-state index contributed by atoms with van der Waals surface area (Å²) < 4.78 is 6.28. The first-order chi connectivity index (χ1) is 23.3. The lowest BCUT2D eigenvalue weighted by Crippen LogP contribution is -1.91. The van der Waals surface area contributed by atoms with Crippen molar-refractivity contribution in [1.29, 1.82) is 0 Å². The highest BCUT2D eigenvalue weighted by atomic mass is 16.3. The molecule has 0 aliphatic carbocycles. The number of hydrogen-bond donors (Lipinski definition) is 0. The molecule has 0 bridgehead atoms. The zero-order valence-electron chi connectivity index (χ0n) is 25.6. The van der Waals surface area contributed by atoms with Gasteiger partial charge in [0.15, 0.2) is 0 Å². The average Bonchev–Trinajstić information content (AvgIpc) is 3.49. The van der Waals surface area contributed by atoms with E-state index in [1.54, 1.807) is 0 Å². The summed E-state index contributed by atoms with van der Waals surface area (Å²) in [7, 11) is 0. The SMILES string of the molecule is c1ccc2cc3c(cc2c1)oc1ccc(-c2ccc(-c4c5ccccc5c(-c5cccc6ccccc56)c5ccccc45)cc2)cc13. The van der Waals surface area contributed by atoms with Crippen LogP contribution in [0.5, 0.6) is 0 Å². The lowest BCUT2D eigenvalue weighted by atomic mass is 9.84. The largest absolute Gasteiger partial charge is 0.456 e. The van der Waals surface area contributed by atoms with Crippen LogP contribution in [0.2, 0.25) is 0 Å². The smallest absolute Gasteiger partial charge is 0.136 e. The van der Waals surface area contributed by atoms with Gasteiger partial charge in [-0.05, 0) is 101 Å². The van der Waals surface area contributed by atoms with Gasteiger partial charge in [0.05, 0.1) is 0 Å².